The summed E-state index contributed by atoms with van der Waals surface area (Å²) in [6, 6.07) is 21.7. The van der Waals surface area contributed by atoms with E-state index in [1.807, 2.05) is 30.3 Å². The number of carbonyl (C=O) groups is 1. The normalized spacial score (nSPS) is 11.8. The lowest BCUT2D eigenvalue weighted by Gasteiger charge is -2.16. The molecule has 10 heteroatoms. The first-order valence-corrected chi connectivity index (χ1v) is 10.3. The van der Waals surface area contributed by atoms with Crippen LogP contribution in [-0.4, -0.2) is 30.9 Å². The van der Waals surface area contributed by atoms with Crippen molar-refractivity contribution < 1.29 is 9.72 Å². The summed E-state index contributed by atoms with van der Waals surface area (Å²) in [6.45, 7) is 0. The van der Waals surface area contributed by atoms with Crippen molar-refractivity contribution in [3.05, 3.63) is 105 Å². The third-order valence-corrected chi connectivity index (χ3v) is 5.88. The molecule has 0 saturated heterocycles. The predicted octanol–water partition coefficient (Wildman–Crippen LogP) is 4.94. The molecule has 0 aliphatic rings. The van der Waals surface area contributed by atoms with Crippen LogP contribution in [0.3, 0.4) is 0 Å². The molecule has 154 valence electrons. The molecule has 8 nitrogen and oxygen atoms in total. The molecule has 0 spiro atoms. The number of halogens is 1. The third-order valence-electron chi connectivity index (χ3n) is 4.44. The van der Waals surface area contributed by atoms with Gasteiger partial charge in [-0.3, -0.25) is 14.9 Å². The summed E-state index contributed by atoms with van der Waals surface area (Å²) in [7, 11) is 0. The van der Waals surface area contributed by atoms with Crippen LogP contribution in [0.4, 0.5) is 5.69 Å². The molecule has 31 heavy (non-hydrogen) atoms. The molecule has 1 aromatic heterocycles. The summed E-state index contributed by atoms with van der Waals surface area (Å²) in [5, 5.41) is 23.1. The highest BCUT2D eigenvalue weighted by Gasteiger charge is 2.27. The van der Waals surface area contributed by atoms with Gasteiger partial charge in [0.05, 0.1) is 10.6 Å². The van der Waals surface area contributed by atoms with E-state index in [4.69, 9.17) is 11.6 Å². The summed E-state index contributed by atoms with van der Waals surface area (Å²) in [5.74, 6) is -0.196. The van der Waals surface area contributed by atoms with Crippen LogP contribution < -0.4 is 0 Å². The number of non-ortho nitro benzene ring substituents is 1. The van der Waals surface area contributed by atoms with Crippen molar-refractivity contribution in [1.29, 1.82) is 0 Å². The number of nitro benzene ring substituents is 1. The Morgan fingerprint density at radius 3 is 2.32 bits per heavy atom. The number of carbonyl (C=O) groups excluding carboxylic acids is 1. The van der Waals surface area contributed by atoms with E-state index in [0.717, 1.165) is 5.69 Å². The van der Waals surface area contributed by atoms with Gasteiger partial charge in [0.25, 0.3) is 5.69 Å². The number of ketones is 1. The molecule has 0 N–H and O–H groups in total. The molecule has 0 saturated carbocycles. The van der Waals surface area contributed by atoms with Gasteiger partial charge in [0.1, 0.15) is 5.25 Å². The fourth-order valence-electron chi connectivity index (χ4n) is 2.90. The number of nitrogens with zero attached hydrogens (tertiary/aromatic N) is 5. The Morgan fingerprint density at radius 2 is 1.68 bits per heavy atom. The molecular formula is C21H14ClN5O3S. The zero-order chi connectivity index (χ0) is 21.8. The maximum Gasteiger partial charge on any atom is 0.269 e. The number of nitro groups is 1. The zero-order valence-electron chi connectivity index (χ0n) is 15.8. The maximum atomic E-state index is 13.4. The van der Waals surface area contributed by atoms with E-state index >= 15 is 0 Å². The van der Waals surface area contributed by atoms with Gasteiger partial charge in [-0.2, -0.15) is 4.68 Å². The Hall–Kier alpha value is -3.56. The first-order chi connectivity index (χ1) is 15.0. The highest BCUT2D eigenvalue weighted by atomic mass is 35.5. The second-order valence-electron chi connectivity index (χ2n) is 6.43. The van der Waals surface area contributed by atoms with E-state index in [0.29, 0.717) is 21.3 Å². The molecule has 0 fully saturated rings. The third kappa shape index (κ3) is 4.62. The van der Waals surface area contributed by atoms with Crippen molar-refractivity contribution in [2.24, 2.45) is 0 Å². The van der Waals surface area contributed by atoms with Crippen LogP contribution in [-0.2, 0) is 0 Å². The van der Waals surface area contributed by atoms with Crippen LogP contribution >= 0.6 is 23.4 Å². The average molecular weight is 452 g/mol. The van der Waals surface area contributed by atoms with Gasteiger partial charge in [-0.1, -0.05) is 53.7 Å². The Bertz CT molecular complexity index is 1210. The number of Topliss-reactive ketones (excluding diaryl/α,β-unsaturated/α-hetero) is 1. The molecule has 0 aliphatic carbocycles. The number of hydrogen-bond donors (Lipinski definition) is 0. The van der Waals surface area contributed by atoms with Crippen molar-refractivity contribution in [1.82, 2.24) is 20.2 Å². The van der Waals surface area contributed by atoms with E-state index in [9.17, 15) is 14.9 Å². The van der Waals surface area contributed by atoms with Crippen LogP contribution in [0.5, 0.6) is 0 Å². The Balaban J connectivity index is 1.73. The topological polar surface area (TPSA) is 104 Å². The Kier molecular flexibility index (Phi) is 6.06. The summed E-state index contributed by atoms with van der Waals surface area (Å²) in [6.07, 6.45) is 0. The average Bonchev–Trinajstić information content (AvgIpc) is 3.26. The van der Waals surface area contributed by atoms with Crippen LogP contribution in [0.2, 0.25) is 5.02 Å². The molecule has 1 atom stereocenters. The quantitative estimate of drug-likeness (QED) is 0.169. The zero-order valence-corrected chi connectivity index (χ0v) is 17.4. The number of benzene rings is 3. The van der Waals surface area contributed by atoms with Crippen molar-refractivity contribution in [3.63, 3.8) is 0 Å². The van der Waals surface area contributed by atoms with Crippen molar-refractivity contribution >= 4 is 34.8 Å². The van der Waals surface area contributed by atoms with E-state index in [-0.39, 0.29) is 11.5 Å². The van der Waals surface area contributed by atoms with Gasteiger partial charge in [-0.25, -0.2) is 0 Å². The molecule has 1 unspecified atom stereocenters. The minimum absolute atomic E-state index is 0.0550. The Morgan fingerprint density at radius 1 is 1.00 bits per heavy atom. The minimum Gasteiger partial charge on any atom is -0.293 e. The van der Waals surface area contributed by atoms with Gasteiger partial charge in [-0.05, 0) is 52.4 Å². The number of aromatic nitrogens is 4. The lowest BCUT2D eigenvalue weighted by molar-refractivity contribution is -0.384. The highest BCUT2D eigenvalue weighted by Crippen LogP contribution is 2.38. The molecule has 0 amide bonds. The standard InChI is InChI=1S/C21H14ClN5O3S/c22-16-10-6-14(7-11-16)19(28)20(15-8-12-18(13-9-15)27(29)30)31-21-23-24-25-26(21)17-4-2-1-3-5-17/h1-13,20H. The van der Waals surface area contributed by atoms with Crippen LogP contribution in [0.25, 0.3) is 5.69 Å². The van der Waals surface area contributed by atoms with Gasteiger partial charge in [0.15, 0.2) is 5.78 Å². The van der Waals surface area contributed by atoms with Crippen molar-refractivity contribution in [2.75, 3.05) is 0 Å². The molecule has 0 radical (unpaired) electrons. The number of tetrazole rings is 1. The second kappa shape index (κ2) is 9.07. The largest absolute Gasteiger partial charge is 0.293 e. The predicted molar refractivity (Wildman–Crippen MR) is 117 cm³/mol. The van der Waals surface area contributed by atoms with E-state index < -0.39 is 10.2 Å². The first kappa shape index (κ1) is 20.7. The number of hydrogen-bond acceptors (Lipinski definition) is 7. The summed E-state index contributed by atoms with van der Waals surface area (Å²) >= 11 is 7.12. The lowest BCUT2D eigenvalue weighted by Crippen LogP contribution is -2.11. The molecular weight excluding hydrogens is 438 g/mol. The van der Waals surface area contributed by atoms with Crippen LogP contribution in [0, 0.1) is 10.1 Å². The van der Waals surface area contributed by atoms with E-state index in [1.54, 1.807) is 36.4 Å². The lowest BCUT2D eigenvalue weighted by atomic mass is 10.0. The van der Waals surface area contributed by atoms with E-state index in [2.05, 4.69) is 15.5 Å². The van der Waals surface area contributed by atoms with Gasteiger partial charge < -0.3 is 0 Å². The minimum atomic E-state index is -0.726. The fourth-order valence-corrected chi connectivity index (χ4v) is 4.10. The van der Waals surface area contributed by atoms with Gasteiger partial charge in [0, 0.05) is 22.7 Å². The maximum absolute atomic E-state index is 13.4. The van der Waals surface area contributed by atoms with Crippen molar-refractivity contribution in [2.45, 2.75) is 10.4 Å². The van der Waals surface area contributed by atoms with Crippen LogP contribution in [0.1, 0.15) is 21.2 Å². The first-order valence-electron chi connectivity index (χ1n) is 9.07. The summed E-state index contributed by atoms with van der Waals surface area (Å²) in [4.78, 5) is 23.9. The smallest absolute Gasteiger partial charge is 0.269 e. The van der Waals surface area contributed by atoms with Crippen LogP contribution in [0.15, 0.2) is 84.0 Å². The molecule has 4 aromatic rings. The second-order valence-corrected chi connectivity index (χ2v) is 7.94. The molecule has 1 heterocycles. The SMILES string of the molecule is O=C(c1ccc(Cl)cc1)C(Sc1nnnn1-c1ccccc1)c1ccc([N+](=O)[O-])cc1. The van der Waals surface area contributed by atoms with E-state index in [1.165, 1.54) is 28.6 Å². The number of thioether (sulfide) groups is 1. The molecule has 0 aliphatic heterocycles. The van der Waals surface area contributed by atoms with Gasteiger partial charge in [0.2, 0.25) is 5.16 Å². The molecule has 0 bridgehead atoms. The number of para-hydroxylation sites is 1. The fraction of sp³-hybridized carbons (Fsp3) is 0.0476. The summed E-state index contributed by atoms with van der Waals surface area (Å²) < 4.78 is 1.54. The number of rotatable bonds is 7. The highest BCUT2D eigenvalue weighted by molar-refractivity contribution is 8.00. The summed E-state index contributed by atoms with van der Waals surface area (Å²) in [5.41, 5.74) is 1.74. The molecule has 3 aromatic carbocycles. The van der Waals surface area contributed by atoms with Crippen molar-refractivity contribution in [3.8, 4) is 5.69 Å². The Labute approximate surface area is 186 Å². The molecule has 4 rings (SSSR count). The van der Waals surface area contributed by atoms with Gasteiger partial charge in [-0.15, -0.1) is 5.10 Å². The van der Waals surface area contributed by atoms with Gasteiger partial charge >= 0.3 is 0 Å². The monoisotopic (exact) mass is 451 g/mol.